The van der Waals surface area contributed by atoms with E-state index in [0.717, 1.165) is 5.56 Å². The van der Waals surface area contributed by atoms with Crippen LogP contribution in [0.1, 0.15) is 19.4 Å². The van der Waals surface area contributed by atoms with Crippen LogP contribution in [-0.2, 0) is 9.53 Å². The first-order valence-electron chi connectivity index (χ1n) is 5.14. The number of hydrogen-bond donors (Lipinski definition) is 0. The average molecular weight is 235 g/mol. The number of ether oxygens (including phenoxy) is 1. The number of hydrogen-bond acceptors (Lipinski definition) is 4. The molecule has 0 aliphatic carbocycles. The highest BCUT2D eigenvalue weighted by Crippen LogP contribution is 2.18. The molecule has 0 fully saturated rings. The van der Waals surface area contributed by atoms with Crippen molar-refractivity contribution in [2.24, 2.45) is 0 Å². The van der Waals surface area contributed by atoms with Crippen molar-refractivity contribution in [3.8, 4) is 0 Å². The number of nitro benzene ring substituents is 1. The number of non-ortho nitro benzene ring substituents is 1. The maximum Gasteiger partial charge on any atom is 0.331 e. The SMILES string of the molecule is CCOC(=O)C=C(C)c1ccc([N+](=O)[O-])cc1. The van der Waals surface area contributed by atoms with Crippen molar-refractivity contribution >= 4 is 17.2 Å². The molecule has 5 nitrogen and oxygen atoms in total. The molecule has 0 aliphatic rings. The van der Waals surface area contributed by atoms with Crippen LogP contribution in [0.5, 0.6) is 0 Å². The summed E-state index contributed by atoms with van der Waals surface area (Å²) in [5.74, 6) is -0.414. The fourth-order valence-corrected chi connectivity index (χ4v) is 1.29. The van der Waals surface area contributed by atoms with E-state index in [4.69, 9.17) is 4.74 Å². The summed E-state index contributed by atoms with van der Waals surface area (Å²) in [6.07, 6.45) is 1.37. The molecule has 1 aromatic rings. The first-order valence-corrected chi connectivity index (χ1v) is 5.14. The molecule has 0 N–H and O–H groups in total. The van der Waals surface area contributed by atoms with Crippen molar-refractivity contribution in [1.82, 2.24) is 0 Å². The molecule has 0 aromatic heterocycles. The smallest absolute Gasteiger partial charge is 0.331 e. The van der Waals surface area contributed by atoms with Gasteiger partial charge in [-0.3, -0.25) is 10.1 Å². The second kappa shape index (κ2) is 5.79. The molecule has 17 heavy (non-hydrogen) atoms. The van der Waals surface area contributed by atoms with Gasteiger partial charge < -0.3 is 4.74 Å². The Kier molecular flexibility index (Phi) is 4.39. The second-order valence-electron chi connectivity index (χ2n) is 3.38. The Hall–Kier alpha value is -2.17. The van der Waals surface area contributed by atoms with Crippen LogP contribution < -0.4 is 0 Å². The van der Waals surface area contributed by atoms with E-state index < -0.39 is 10.9 Å². The molecule has 0 aliphatic heterocycles. The third-order valence-electron chi connectivity index (χ3n) is 2.15. The fourth-order valence-electron chi connectivity index (χ4n) is 1.29. The molecule has 0 bridgehead atoms. The van der Waals surface area contributed by atoms with Gasteiger partial charge in [-0.05, 0) is 37.1 Å². The van der Waals surface area contributed by atoms with Crippen LogP contribution in [0.4, 0.5) is 5.69 Å². The number of nitrogens with zero attached hydrogens (tertiary/aromatic N) is 1. The summed E-state index contributed by atoms with van der Waals surface area (Å²) in [4.78, 5) is 21.2. The van der Waals surface area contributed by atoms with E-state index in [0.29, 0.717) is 12.2 Å². The molecular weight excluding hydrogens is 222 g/mol. The monoisotopic (exact) mass is 235 g/mol. The molecule has 0 saturated carbocycles. The van der Waals surface area contributed by atoms with Crippen LogP contribution in [-0.4, -0.2) is 17.5 Å². The molecule has 90 valence electrons. The van der Waals surface area contributed by atoms with Crippen LogP contribution >= 0.6 is 0 Å². The van der Waals surface area contributed by atoms with Crippen LogP contribution in [0.2, 0.25) is 0 Å². The van der Waals surface area contributed by atoms with Gasteiger partial charge in [0.25, 0.3) is 5.69 Å². The predicted octanol–water partition coefficient (Wildman–Crippen LogP) is 2.56. The van der Waals surface area contributed by atoms with Crippen molar-refractivity contribution in [1.29, 1.82) is 0 Å². The van der Waals surface area contributed by atoms with E-state index in [-0.39, 0.29) is 5.69 Å². The summed E-state index contributed by atoms with van der Waals surface area (Å²) in [5.41, 5.74) is 1.49. The van der Waals surface area contributed by atoms with E-state index in [2.05, 4.69) is 0 Å². The molecule has 0 radical (unpaired) electrons. The molecule has 0 atom stereocenters. The number of nitro groups is 1. The Morgan fingerprint density at radius 3 is 2.47 bits per heavy atom. The Balaban J connectivity index is 2.86. The summed E-state index contributed by atoms with van der Waals surface area (Å²) in [5, 5.41) is 10.5. The molecule has 0 spiro atoms. The van der Waals surface area contributed by atoms with Gasteiger partial charge in [-0.1, -0.05) is 0 Å². The third kappa shape index (κ3) is 3.71. The van der Waals surface area contributed by atoms with Gasteiger partial charge in [0.2, 0.25) is 0 Å². The molecule has 5 heteroatoms. The van der Waals surface area contributed by atoms with Crippen molar-refractivity contribution in [2.45, 2.75) is 13.8 Å². The van der Waals surface area contributed by atoms with Gasteiger partial charge in [0, 0.05) is 18.2 Å². The van der Waals surface area contributed by atoms with Gasteiger partial charge in [0.15, 0.2) is 0 Å². The van der Waals surface area contributed by atoms with E-state index in [9.17, 15) is 14.9 Å². The van der Waals surface area contributed by atoms with E-state index in [1.54, 1.807) is 26.0 Å². The van der Waals surface area contributed by atoms with Gasteiger partial charge in [-0.2, -0.15) is 0 Å². The zero-order valence-electron chi connectivity index (χ0n) is 9.67. The van der Waals surface area contributed by atoms with Crippen LogP contribution in [0.3, 0.4) is 0 Å². The third-order valence-corrected chi connectivity index (χ3v) is 2.15. The van der Waals surface area contributed by atoms with Gasteiger partial charge in [0.05, 0.1) is 11.5 Å². The lowest BCUT2D eigenvalue weighted by Gasteiger charge is -2.01. The second-order valence-corrected chi connectivity index (χ2v) is 3.38. The maximum absolute atomic E-state index is 11.2. The molecular formula is C12H13NO4. The van der Waals surface area contributed by atoms with Crippen molar-refractivity contribution in [3.05, 3.63) is 46.0 Å². The number of carbonyl (C=O) groups is 1. The summed E-state index contributed by atoms with van der Waals surface area (Å²) in [6, 6.07) is 6.00. The zero-order valence-corrected chi connectivity index (χ0v) is 9.67. The molecule has 1 aromatic carbocycles. The summed E-state index contributed by atoms with van der Waals surface area (Å²) in [6.45, 7) is 3.80. The molecule has 0 heterocycles. The quantitative estimate of drug-likeness (QED) is 0.348. The van der Waals surface area contributed by atoms with E-state index in [1.165, 1.54) is 18.2 Å². The summed E-state index contributed by atoms with van der Waals surface area (Å²) >= 11 is 0. The minimum Gasteiger partial charge on any atom is -0.463 e. The van der Waals surface area contributed by atoms with Crippen LogP contribution in [0.25, 0.3) is 5.57 Å². The highest BCUT2D eigenvalue weighted by Gasteiger charge is 2.05. The minimum atomic E-state index is -0.464. The Morgan fingerprint density at radius 1 is 1.41 bits per heavy atom. The summed E-state index contributed by atoms with van der Waals surface area (Å²) in [7, 11) is 0. The van der Waals surface area contributed by atoms with Gasteiger partial charge >= 0.3 is 5.97 Å². The van der Waals surface area contributed by atoms with Crippen LogP contribution in [0, 0.1) is 10.1 Å². The van der Waals surface area contributed by atoms with Crippen molar-refractivity contribution < 1.29 is 14.5 Å². The van der Waals surface area contributed by atoms with Gasteiger partial charge in [-0.15, -0.1) is 0 Å². The first kappa shape index (κ1) is 12.9. The largest absolute Gasteiger partial charge is 0.463 e. The lowest BCUT2D eigenvalue weighted by atomic mass is 10.1. The Morgan fingerprint density at radius 2 is 2.00 bits per heavy atom. The molecule has 0 saturated heterocycles. The normalized spacial score (nSPS) is 11.1. The Bertz CT molecular complexity index is 448. The highest BCUT2D eigenvalue weighted by atomic mass is 16.6. The minimum absolute atomic E-state index is 0.0256. The molecule has 0 amide bonds. The average Bonchev–Trinajstić information content (AvgIpc) is 2.29. The van der Waals surface area contributed by atoms with E-state index in [1.807, 2.05) is 0 Å². The van der Waals surface area contributed by atoms with Crippen molar-refractivity contribution in [2.75, 3.05) is 6.61 Å². The molecule has 0 unspecified atom stereocenters. The fraction of sp³-hybridized carbons (Fsp3) is 0.250. The van der Waals surface area contributed by atoms with Crippen LogP contribution in [0.15, 0.2) is 30.3 Å². The maximum atomic E-state index is 11.2. The zero-order chi connectivity index (χ0) is 12.8. The lowest BCUT2D eigenvalue weighted by Crippen LogP contribution is -2.00. The van der Waals surface area contributed by atoms with Gasteiger partial charge in [-0.25, -0.2) is 4.79 Å². The topological polar surface area (TPSA) is 69.4 Å². The molecule has 1 rings (SSSR count). The van der Waals surface area contributed by atoms with E-state index >= 15 is 0 Å². The van der Waals surface area contributed by atoms with Gasteiger partial charge in [0.1, 0.15) is 0 Å². The number of rotatable bonds is 4. The highest BCUT2D eigenvalue weighted by molar-refractivity contribution is 5.90. The first-order chi connectivity index (χ1) is 8.04. The number of esters is 1. The standard InChI is InChI=1S/C12H13NO4/c1-3-17-12(14)8-9(2)10-4-6-11(7-5-10)13(15)16/h4-8H,3H2,1-2H3. The number of allylic oxidation sites excluding steroid dienone is 1. The number of carbonyl (C=O) groups excluding carboxylic acids is 1. The summed E-state index contributed by atoms with van der Waals surface area (Å²) < 4.78 is 4.77. The number of benzene rings is 1. The lowest BCUT2D eigenvalue weighted by molar-refractivity contribution is -0.384. The predicted molar refractivity (Wildman–Crippen MR) is 63.4 cm³/mol. The Labute approximate surface area is 98.9 Å². The van der Waals surface area contributed by atoms with Crippen molar-refractivity contribution in [3.63, 3.8) is 0 Å².